The summed E-state index contributed by atoms with van der Waals surface area (Å²) in [7, 11) is 1.60. The molecule has 0 radical (unpaired) electrons. The molecule has 0 heterocycles. The molecule has 1 saturated carbocycles. The Morgan fingerprint density at radius 3 is 2.84 bits per heavy atom. The second kappa shape index (κ2) is 5.51. The van der Waals surface area contributed by atoms with Crippen molar-refractivity contribution in [2.45, 2.75) is 32.2 Å². The van der Waals surface area contributed by atoms with Crippen LogP contribution in [0.5, 0.6) is 5.75 Å². The maximum atomic E-state index is 12.4. The molecule has 1 aliphatic rings. The summed E-state index contributed by atoms with van der Waals surface area (Å²) in [6, 6.07) is 5.43. The normalized spacial score (nSPS) is 26.2. The van der Waals surface area contributed by atoms with Gasteiger partial charge in [0.2, 0.25) is 5.91 Å². The molecule has 1 aliphatic carbocycles. The van der Waals surface area contributed by atoms with E-state index >= 15 is 0 Å². The number of nitrogens with two attached hydrogens (primary N) is 1. The van der Waals surface area contributed by atoms with Gasteiger partial charge in [-0.15, -0.1) is 0 Å². The number of carbonyl (C=O) groups excluding carboxylic acids is 1. The molecule has 2 unspecified atom stereocenters. The molecule has 0 bridgehead atoms. The largest absolute Gasteiger partial charge is 0.497 e. The van der Waals surface area contributed by atoms with E-state index in [9.17, 15) is 4.79 Å². The van der Waals surface area contributed by atoms with Crippen LogP contribution in [0.25, 0.3) is 0 Å². The van der Waals surface area contributed by atoms with Gasteiger partial charge in [0.05, 0.1) is 12.5 Å². The fourth-order valence-corrected chi connectivity index (χ4v) is 2.97. The van der Waals surface area contributed by atoms with Crippen LogP contribution >= 0.6 is 15.9 Å². The average molecular weight is 327 g/mol. The Kier molecular flexibility index (Phi) is 4.16. The van der Waals surface area contributed by atoms with E-state index in [1.807, 2.05) is 19.1 Å². The maximum absolute atomic E-state index is 12.4. The molecule has 0 spiro atoms. The number of halogens is 1. The van der Waals surface area contributed by atoms with Crippen LogP contribution in [-0.4, -0.2) is 19.1 Å². The van der Waals surface area contributed by atoms with Crippen LogP contribution in [0.15, 0.2) is 22.7 Å². The first kappa shape index (κ1) is 14.3. The number of nitrogens with one attached hydrogen (secondary N) is 1. The molecule has 0 saturated heterocycles. The third kappa shape index (κ3) is 2.92. The van der Waals surface area contributed by atoms with E-state index in [0.717, 1.165) is 29.4 Å². The van der Waals surface area contributed by atoms with Crippen molar-refractivity contribution in [1.29, 1.82) is 0 Å². The zero-order chi connectivity index (χ0) is 14.0. The van der Waals surface area contributed by atoms with Gasteiger partial charge in [-0.05, 0) is 31.9 Å². The topological polar surface area (TPSA) is 64.3 Å². The van der Waals surface area contributed by atoms with E-state index in [2.05, 4.69) is 21.2 Å². The van der Waals surface area contributed by atoms with Crippen LogP contribution in [0.3, 0.4) is 0 Å². The highest BCUT2D eigenvalue weighted by atomic mass is 79.9. The summed E-state index contributed by atoms with van der Waals surface area (Å²) in [6.07, 6.45) is 2.75. The predicted octanol–water partition coefficient (Wildman–Crippen LogP) is 2.91. The lowest BCUT2D eigenvalue weighted by atomic mass is 9.84. The smallest absolute Gasteiger partial charge is 0.231 e. The van der Waals surface area contributed by atoms with Gasteiger partial charge in [0, 0.05) is 22.3 Å². The van der Waals surface area contributed by atoms with Crippen LogP contribution in [0, 0.1) is 5.41 Å². The van der Waals surface area contributed by atoms with E-state index < -0.39 is 5.41 Å². The van der Waals surface area contributed by atoms with Crippen molar-refractivity contribution in [3.05, 3.63) is 22.7 Å². The Labute approximate surface area is 121 Å². The minimum absolute atomic E-state index is 0.0161. The van der Waals surface area contributed by atoms with E-state index in [-0.39, 0.29) is 11.9 Å². The third-order valence-electron chi connectivity index (χ3n) is 3.91. The number of methoxy groups -OCH3 is 1. The van der Waals surface area contributed by atoms with Crippen molar-refractivity contribution in [3.8, 4) is 5.75 Å². The van der Waals surface area contributed by atoms with Crippen LogP contribution in [-0.2, 0) is 4.79 Å². The maximum Gasteiger partial charge on any atom is 0.231 e. The minimum atomic E-state index is -0.477. The molecule has 1 aromatic carbocycles. The van der Waals surface area contributed by atoms with Gasteiger partial charge >= 0.3 is 0 Å². The molecule has 3 N–H and O–H groups in total. The Bertz CT molecular complexity index is 492. The minimum Gasteiger partial charge on any atom is -0.497 e. The van der Waals surface area contributed by atoms with Crippen LogP contribution < -0.4 is 15.8 Å². The number of amides is 1. The summed E-state index contributed by atoms with van der Waals surface area (Å²) < 4.78 is 6.05. The van der Waals surface area contributed by atoms with Crippen LogP contribution in [0.2, 0.25) is 0 Å². The van der Waals surface area contributed by atoms with Gasteiger partial charge in [-0.25, -0.2) is 0 Å². The van der Waals surface area contributed by atoms with Gasteiger partial charge < -0.3 is 15.8 Å². The van der Waals surface area contributed by atoms with Crippen molar-refractivity contribution in [2.75, 3.05) is 12.4 Å². The highest BCUT2D eigenvalue weighted by Crippen LogP contribution is 2.38. The second-order valence-corrected chi connectivity index (χ2v) is 6.17. The fourth-order valence-electron chi connectivity index (χ4n) is 2.50. The third-order valence-corrected chi connectivity index (χ3v) is 4.37. The van der Waals surface area contributed by atoms with E-state index in [0.29, 0.717) is 5.75 Å². The molecule has 4 nitrogen and oxygen atoms in total. The highest BCUT2D eigenvalue weighted by molar-refractivity contribution is 9.10. The molecule has 19 heavy (non-hydrogen) atoms. The standard InChI is InChI=1S/C14H19BrN2O2/c1-14(5-3-4-12(14)16)13(18)17-10-6-9(15)7-11(8-10)19-2/h6-8,12H,3-5,16H2,1-2H3,(H,17,18). The Morgan fingerprint density at radius 1 is 1.53 bits per heavy atom. The zero-order valence-corrected chi connectivity index (χ0v) is 12.8. The lowest BCUT2D eigenvalue weighted by molar-refractivity contribution is -0.125. The number of rotatable bonds is 3. The van der Waals surface area contributed by atoms with E-state index in [4.69, 9.17) is 10.5 Å². The number of benzene rings is 1. The van der Waals surface area contributed by atoms with E-state index in [1.165, 1.54) is 0 Å². The summed E-state index contributed by atoms with van der Waals surface area (Å²) in [4.78, 5) is 12.4. The van der Waals surface area contributed by atoms with Crippen molar-refractivity contribution >= 4 is 27.5 Å². The second-order valence-electron chi connectivity index (χ2n) is 5.25. The molecular formula is C14H19BrN2O2. The highest BCUT2D eigenvalue weighted by Gasteiger charge is 2.42. The van der Waals surface area contributed by atoms with Gasteiger partial charge in [-0.3, -0.25) is 4.79 Å². The van der Waals surface area contributed by atoms with Gasteiger partial charge in [0.25, 0.3) is 0 Å². The Balaban J connectivity index is 2.17. The number of anilines is 1. The average Bonchev–Trinajstić information content (AvgIpc) is 2.70. The first-order valence-electron chi connectivity index (χ1n) is 6.37. The predicted molar refractivity (Wildman–Crippen MR) is 79.3 cm³/mol. The molecule has 0 aromatic heterocycles. The summed E-state index contributed by atoms with van der Waals surface area (Å²) in [6.45, 7) is 1.94. The summed E-state index contributed by atoms with van der Waals surface area (Å²) in [5, 5.41) is 2.94. The SMILES string of the molecule is COc1cc(Br)cc(NC(=O)C2(C)CCCC2N)c1. The molecule has 2 atom stereocenters. The van der Waals surface area contributed by atoms with Gasteiger partial charge in [0.1, 0.15) is 5.75 Å². The molecule has 0 aliphatic heterocycles. The van der Waals surface area contributed by atoms with Crippen LogP contribution in [0.1, 0.15) is 26.2 Å². The molecule has 5 heteroatoms. The molecule has 1 amide bonds. The fraction of sp³-hybridized carbons (Fsp3) is 0.500. The first-order valence-corrected chi connectivity index (χ1v) is 7.16. The Hall–Kier alpha value is -1.07. The summed E-state index contributed by atoms with van der Waals surface area (Å²) >= 11 is 3.40. The van der Waals surface area contributed by atoms with Crippen molar-refractivity contribution in [1.82, 2.24) is 0 Å². The lowest BCUT2D eigenvalue weighted by Gasteiger charge is -2.27. The van der Waals surface area contributed by atoms with Crippen molar-refractivity contribution in [3.63, 3.8) is 0 Å². The molecule has 104 valence electrons. The van der Waals surface area contributed by atoms with E-state index in [1.54, 1.807) is 13.2 Å². The Morgan fingerprint density at radius 2 is 2.26 bits per heavy atom. The number of hydrogen-bond acceptors (Lipinski definition) is 3. The number of carbonyl (C=O) groups is 1. The lowest BCUT2D eigenvalue weighted by Crippen LogP contribution is -2.44. The van der Waals surface area contributed by atoms with Gasteiger partial charge in [-0.2, -0.15) is 0 Å². The number of hydrogen-bond donors (Lipinski definition) is 2. The van der Waals surface area contributed by atoms with Crippen molar-refractivity contribution in [2.24, 2.45) is 11.1 Å². The number of ether oxygens (including phenoxy) is 1. The van der Waals surface area contributed by atoms with Crippen molar-refractivity contribution < 1.29 is 9.53 Å². The van der Waals surface area contributed by atoms with Crippen LogP contribution in [0.4, 0.5) is 5.69 Å². The van der Waals surface area contributed by atoms with Gasteiger partial charge in [-0.1, -0.05) is 22.4 Å². The molecular weight excluding hydrogens is 308 g/mol. The zero-order valence-electron chi connectivity index (χ0n) is 11.2. The quantitative estimate of drug-likeness (QED) is 0.897. The summed E-state index contributed by atoms with van der Waals surface area (Å²) in [5.74, 6) is 0.684. The first-order chi connectivity index (χ1) is 8.95. The molecule has 2 rings (SSSR count). The molecule has 1 aromatic rings. The summed E-state index contributed by atoms with van der Waals surface area (Å²) in [5.41, 5.74) is 6.30. The molecule has 1 fully saturated rings. The monoisotopic (exact) mass is 326 g/mol. The van der Waals surface area contributed by atoms with Gasteiger partial charge in [0.15, 0.2) is 0 Å².